The molecule has 1 aliphatic heterocycles. The number of hydrogen-bond acceptors (Lipinski definition) is 3. The summed E-state index contributed by atoms with van der Waals surface area (Å²) in [7, 11) is 0. The Labute approximate surface area is 113 Å². The lowest BCUT2D eigenvalue weighted by Crippen LogP contribution is -2.46. The van der Waals surface area contributed by atoms with Crippen LogP contribution in [-0.2, 0) is 11.3 Å². The maximum absolute atomic E-state index is 11.4. The third-order valence-corrected chi connectivity index (χ3v) is 4.31. The van der Waals surface area contributed by atoms with E-state index in [9.17, 15) is 9.90 Å². The summed E-state index contributed by atoms with van der Waals surface area (Å²) in [5, 5.41) is 9.38. The summed E-state index contributed by atoms with van der Waals surface area (Å²) in [6, 6.07) is 0.260. The Kier molecular flexibility index (Phi) is 3.31. The second-order valence-electron chi connectivity index (χ2n) is 5.98. The van der Waals surface area contributed by atoms with Crippen molar-refractivity contribution in [1.29, 1.82) is 0 Å². The topological polar surface area (TPSA) is 58.4 Å². The Bertz CT molecular complexity index is 467. The number of likely N-dealkylation sites (tertiary alicyclic amines) is 1. The average Bonchev–Trinajstić information content (AvgIpc) is 3.12. The number of hydrogen-bond donors (Lipinski definition) is 1. The van der Waals surface area contributed by atoms with E-state index in [2.05, 4.69) is 21.4 Å². The zero-order chi connectivity index (χ0) is 13.4. The van der Waals surface area contributed by atoms with Crippen molar-refractivity contribution in [1.82, 2.24) is 14.5 Å². The van der Waals surface area contributed by atoms with Gasteiger partial charge in [0.25, 0.3) is 0 Å². The van der Waals surface area contributed by atoms with Crippen LogP contribution in [0.5, 0.6) is 0 Å². The minimum atomic E-state index is -0.691. The summed E-state index contributed by atoms with van der Waals surface area (Å²) in [6.45, 7) is 3.72. The van der Waals surface area contributed by atoms with E-state index in [-0.39, 0.29) is 6.04 Å². The van der Waals surface area contributed by atoms with Crippen LogP contribution in [0.15, 0.2) is 12.5 Å². The van der Waals surface area contributed by atoms with Gasteiger partial charge in [-0.1, -0.05) is 6.92 Å². The Morgan fingerprint density at radius 2 is 2.26 bits per heavy atom. The van der Waals surface area contributed by atoms with Crippen molar-refractivity contribution in [2.75, 3.05) is 6.54 Å². The fraction of sp³-hybridized carbons (Fsp3) is 0.714. The number of imidazole rings is 1. The summed E-state index contributed by atoms with van der Waals surface area (Å²) < 4.78 is 2.22. The second kappa shape index (κ2) is 4.96. The molecule has 1 aromatic rings. The van der Waals surface area contributed by atoms with Gasteiger partial charge in [-0.25, -0.2) is 4.98 Å². The summed E-state index contributed by atoms with van der Waals surface area (Å²) in [6.07, 6.45) is 8.06. The van der Waals surface area contributed by atoms with Crippen LogP contribution < -0.4 is 0 Å². The van der Waals surface area contributed by atoms with Gasteiger partial charge in [0.05, 0.1) is 12.0 Å². The second-order valence-corrected chi connectivity index (χ2v) is 5.98. The van der Waals surface area contributed by atoms with Gasteiger partial charge in [-0.3, -0.25) is 9.69 Å². The van der Waals surface area contributed by atoms with Crippen LogP contribution in [0.1, 0.15) is 44.3 Å². The lowest BCUT2D eigenvalue weighted by Gasteiger charge is -2.35. The lowest BCUT2D eigenvalue weighted by atomic mass is 9.92. The summed E-state index contributed by atoms with van der Waals surface area (Å²) in [4.78, 5) is 17.7. The highest BCUT2D eigenvalue weighted by molar-refractivity contribution is 5.73. The molecule has 1 aliphatic carbocycles. The number of carboxylic acid groups (broad SMARTS) is 1. The van der Waals surface area contributed by atoms with Gasteiger partial charge < -0.3 is 9.67 Å². The summed E-state index contributed by atoms with van der Waals surface area (Å²) >= 11 is 0. The van der Waals surface area contributed by atoms with E-state index in [1.54, 1.807) is 0 Å². The average molecular weight is 263 g/mol. The molecule has 5 nitrogen and oxygen atoms in total. The van der Waals surface area contributed by atoms with Crippen molar-refractivity contribution < 1.29 is 9.90 Å². The molecule has 0 aromatic carbocycles. The molecule has 0 amide bonds. The number of aromatic nitrogens is 2. The molecule has 2 atom stereocenters. The molecular formula is C14H21N3O2. The highest BCUT2D eigenvalue weighted by Crippen LogP contribution is 2.36. The molecule has 2 fully saturated rings. The molecule has 104 valence electrons. The number of carbonyl (C=O) groups is 1. The van der Waals surface area contributed by atoms with Crippen molar-refractivity contribution in [3.63, 3.8) is 0 Å². The SMILES string of the molecule is CC1CCN(Cc2cncn2C2CC2)C(C(=O)O)C1. The summed E-state index contributed by atoms with van der Waals surface area (Å²) in [5.41, 5.74) is 1.16. The van der Waals surface area contributed by atoms with E-state index in [1.807, 2.05) is 12.5 Å². The third kappa shape index (κ3) is 2.66. The lowest BCUT2D eigenvalue weighted by molar-refractivity contribution is -0.145. The van der Waals surface area contributed by atoms with Crippen LogP contribution in [0.3, 0.4) is 0 Å². The normalized spacial score (nSPS) is 28.5. The van der Waals surface area contributed by atoms with E-state index >= 15 is 0 Å². The van der Waals surface area contributed by atoms with E-state index in [1.165, 1.54) is 12.8 Å². The zero-order valence-corrected chi connectivity index (χ0v) is 11.3. The van der Waals surface area contributed by atoms with E-state index in [4.69, 9.17) is 0 Å². The molecule has 2 aliphatic rings. The van der Waals surface area contributed by atoms with Gasteiger partial charge in [0.15, 0.2) is 0 Å². The fourth-order valence-corrected chi connectivity index (χ4v) is 2.98. The molecule has 0 spiro atoms. The molecule has 1 aromatic heterocycles. The predicted molar refractivity (Wildman–Crippen MR) is 70.7 cm³/mol. The zero-order valence-electron chi connectivity index (χ0n) is 11.3. The van der Waals surface area contributed by atoms with Gasteiger partial charge in [-0.2, -0.15) is 0 Å². The van der Waals surface area contributed by atoms with Crippen LogP contribution in [-0.4, -0.2) is 38.1 Å². The molecule has 5 heteroatoms. The number of nitrogens with zero attached hydrogens (tertiary/aromatic N) is 3. The van der Waals surface area contributed by atoms with Gasteiger partial charge in [-0.05, 0) is 38.1 Å². The molecular weight excluding hydrogens is 242 g/mol. The Morgan fingerprint density at radius 1 is 1.47 bits per heavy atom. The molecule has 1 N–H and O–H groups in total. The van der Waals surface area contributed by atoms with Crippen molar-refractivity contribution in [3.8, 4) is 0 Å². The van der Waals surface area contributed by atoms with Crippen molar-refractivity contribution in [3.05, 3.63) is 18.2 Å². The van der Waals surface area contributed by atoms with Gasteiger partial charge in [0.2, 0.25) is 0 Å². The first-order chi connectivity index (χ1) is 9.15. The van der Waals surface area contributed by atoms with Crippen molar-refractivity contribution in [2.24, 2.45) is 5.92 Å². The van der Waals surface area contributed by atoms with Gasteiger partial charge in [0.1, 0.15) is 6.04 Å². The molecule has 2 unspecified atom stereocenters. The van der Waals surface area contributed by atoms with Crippen LogP contribution in [0.25, 0.3) is 0 Å². The van der Waals surface area contributed by atoms with Crippen LogP contribution >= 0.6 is 0 Å². The quantitative estimate of drug-likeness (QED) is 0.901. The molecule has 0 bridgehead atoms. The molecule has 2 heterocycles. The monoisotopic (exact) mass is 263 g/mol. The number of carboxylic acids is 1. The Hall–Kier alpha value is -1.36. The number of piperidine rings is 1. The van der Waals surface area contributed by atoms with Crippen molar-refractivity contribution in [2.45, 2.75) is 51.2 Å². The van der Waals surface area contributed by atoms with Crippen molar-refractivity contribution >= 4 is 5.97 Å². The van der Waals surface area contributed by atoms with Crippen LogP contribution in [0.2, 0.25) is 0 Å². The highest BCUT2D eigenvalue weighted by Gasteiger charge is 2.33. The number of aliphatic carboxylic acids is 1. The standard InChI is InChI=1S/C14H21N3O2/c1-10-4-5-16(13(6-10)14(18)19)8-12-7-15-9-17(12)11-2-3-11/h7,9-11,13H,2-6,8H2,1H3,(H,18,19). The molecule has 1 saturated heterocycles. The van der Waals surface area contributed by atoms with Gasteiger partial charge >= 0.3 is 5.97 Å². The first kappa shape index (κ1) is 12.7. The van der Waals surface area contributed by atoms with E-state index in [0.717, 1.165) is 25.1 Å². The van der Waals surface area contributed by atoms with Crippen LogP contribution in [0, 0.1) is 5.92 Å². The first-order valence-corrected chi connectivity index (χ1v) is 7.12. The Morgan fingerprint density at radius 3 is 2.95 bits per heavy atom. The fourth-order valence-electron chi connectivity index (χ4n) is 2.98. The first-order valence-electron chi connectivity index (χ1n) is 7.12. The number of rotatable bonds is 4. The third-order valence-electron chi connectivity index (χ3n) is 4.31. The molecule has 1 saturated carbocycles. The molecule has 3 rings (SSSR count). The van der Waals surface area contributed by atoms with E-state index < -0.39 is 5.97 Å². The maximum Gasteiger partial charge on any atom is 0.320 e. The maximum atomic E-state index is 11.4. The van der Waals surface area contributed by atoms with E-state index in [0.29, 0.717) is 18.5 Å². The minimum absolute atomic E-state index is 0.341. The Balaban J connectivity index is 1.73. The van der Waals surface area contributed by atoms with Gasteiger partial charge in [0, 0.05) is 18.8 Å². The van der Waals surface area contributed by atoms with Gasteiger partial charge in [-0.15, -0.1) is 0 Å². The van der Waals surface area contributed by atoms with Crippen LogP contribution in [0.4, 0.5) is 0 Å². The minimum Gasteiger partial charge on any atom is -0.480 e. The molecule has 19 heavy (non-hydrogen) atoms. The highest BCUT2D eigenvalue weighted by atomic mass is 16.4. The smallest absolute Gasteiger partial charge is 0.320 e. The molecule has 0 radical (unpaired) electrons. The summed E-state index contributed by atoms with van der Waals surface area (Å²) in [5.74, 6) is -0.185. The predicted octanol–water partition coefficient (Wildman–Crippen LogP) is 1.90. The largest absolute Gasteiger partial charge is 0.480 e.